The predicted octanol–water partition coefficient (Wildman–Crippen LogP) is 3.13. The van der Waals surface area contributed by atoms with Crippen LogP contribution in [-0.4, -0.2) is 23.9 Å². The highest BCUT2D eigenvalue weighted by molar-refractivity contribution is 4.92. The smallest absolute Gasteiger partial charge is 0.0698 e. The maximum absolute atomic E-state index is 10.8. The molecule has 2 unspecified atom stereocenters. The van der Waals surface area contributed by atoms with Gasteiger partial charge in [-0.3, -0.25) is 0 Å². The fourth-order valence-corrected chi connectivity index (χ4v) is 3.25. The quantitative estimate of drug-likeness (QED) is 0.696. The van der Waals surface area contributed by atoms with Gasteiger partial charge in [0.15, 0.2) is 0 Å². The fourth-order valence-electron chi connectivity index (χ4n) is 3.25. The predicted molar refractivity (Wildman–Crippen MR) is 65.4 cm³/mol. The second kappa shape index (κ2) is 4.66. The van der Waals surface area contributed by atoms with Crippen LogP contribution in [0.4, 0.5) is 0 Å². The molecule has 1 saturated carbocycles. The van der Waals surface area contributed by atoms with Gasteiger partial charge >= 0.3 is 0 Å². The van der Waals surface area contributed by atoms with E-state index in [4.69, 9.17) is 4.74 Å². The summed E-state index contributed by atoms with van der Waals surface area (Å²) in [7, 11) is 0. The molecular formula is C14H26O2. The van der Waals surface area contributed by atoms with Gasteiger partial charge in [0, 0.05) is 12.5 Å². The van der Waals surface area contributed by atoms with E-state index in [1.165, 1.54) is 12.8 Å². The number of hydrogen-bond donors (Lipinski definition) is 1. The Bertz CT molecular complexity index is 231. The third-order valence-electron chi connectivity index (χ3n) is 4.62. The normalized spacial score (nSPS) is 40.3. The molecule has 2 heteroatoms. The fraction of sp³-hybridized carbons (Fsp3) is 1.00. The van der Waals surface area contributed by atoms with E-state index in [1.807, 2.05) is 0 Å². The lowest BCUT2D eigenvalue weighted by molar-refractivity contribution is -0.0882. The number of aliphatic hydroxyl groups is 1. The zero-order chi connectivity index (χ0) is 11.6. The summed E-state index contributed by atoms with van der Waals surface area (Å²) >= 11 is 0. The van der Waals surface area contributed by atoms with E-state index in [-0.39, 0.29) is 0 Å². The van der Waals surface area contributed by atoms with E-state index >= 15 is 0 Å². The Balaban J connectivity index is 2.00. The molecule has 2 fully saturated rings. The first-order chi connectivity index (χ1) is 7.52. The van der Waals surface area contributed by atoms with E-state index in [2.05, 4.69) is 13.8 Å². The van der Waals surface area contributed by atoms with E-state index in [0.29, 0.717) is 11.3 Å². The van der Waals surface area contributed by atoms with Crippen LogP contribution in [0, 0.1) is 11.3 Å². The van der Waals surface area contributed by atoms with Gasteiger partial charge in [0.2, 0.25) is 0 Å². The zero-order valence-corrected chi connectivity index (χ0v) is 10.8. The molecule has 0 aromatic carbocycles. The van der Waals surface area contributed by atoms with Crippen molar-refractivity contribution >= 4 is 0 Å². The third kappa shape index (κ3) is 2.78. The second-order valence-corrected chi connectivity index (χ2v) is 6.54. The molecule has 0 spiro atoms. The minimum absolute atomic E-state index is 0.384. The molecule has 1 aliphatic carbocycles. The van der Waals surface area contributed by atoms with Gasteiger partial charge in [-0.2, -0.15) is 0 Å². The molecule has 2 aliphatic rings. The zero-order valence-electron chi connectivity index (χ0n) is 10.8. The van der Waals surface area contributed by atoms with Crippen LogP contribution in [0.25, 0.3) is 0 Å². The molecule has 2 rings (SSSR count). The molecule has 0 aromatic heterocycles. The summed E-state index contributed by atoms with van der Waals surface area (Å²) in [4.78, 5) is 0. The van der Waals surface area contributed by atoms with Gasteiger partial charge in [-0.1, -0.05) is 20.3 Å². The number of hydrogen-bond acceptors (Lipinski definition) is 2. The summed E-state index contributed by atoms with van der Waals surface area (Å²) in [6.45, 7) is 6.32. The Morgan fingerprint density at radius 1 is 1.06 bits per heavy atom. The first kappa shape index (κ1) is 12.4. The van der Waals surface area contributed by atoms with Crippen molar-refractivity contribution in [2.24, 2.45) is 11.3 Å². The van der Waals surface area contributed by atoms with Crippen LogP contribution in [0.5, 0.6) is 0 Å². The van der Waals surface area contributed by atoms with Crippen molar-refractivity contribution in [2.45, 2.75) is 64.4 Å². The van der Waals surface area contributed by atoms with Crippen molar-refractivity contribution in [1.29, 1.82) is 0 Å². The number of rotatable bonds is 1. The second-order valence-electron chi connectivity index (χ2n) is 6.54. The van der Waals surface area contributed by atoms with Crippen LogP contribution in [0.1, 0.15) is 58.8 Å². The molecule has 2 atom stereocenters. The van der Waals surface area contributed by atoms with Crippen molar-refractivity contribution in [3.05, 3.63) is 0 Å². The monoisotopic (exact) mass is 226 g/mol. The van der Waals surface area contributed by atoms with Crippen LogP contribution >= 0.6 is 0 Å². The lowest BCUT2D eigenvalue weighted by Crippen LogP contribution is -2.42. The summed E-state index contributed by atoms with van der Waals surface area (Å²) in [6, 6.07) is 0. The minimum Gasteiger partial charge on any atom is -0.390 e. The number of ether oxygens (including phenoxy) is 1. The summed E-state index contributed by atoms with van der Waals surface area (Å²) in [5.74, 6) is 0.384. The van der Waals surface area contributed by atoms with E-state index in [1.54, 1.807) is 0 Å². The molecule has 2 nitrogen and oxygen atoms in total. The summed E-state index contributed by atoms with van der Waals surface area (Å²) < 4.78 is 5.53. The lowest BCUT2D eigenvalue weighted by atomic mass is 9.77. The molecule has 0 radical (unpaired) electrons. The Morgan fingerprint density at radius 3 is 2.56 bits per heavy atom. The van der Waals surface area contributed by atoms with Crippen LogP contribution in [0.2, 0.25) is 0 Å². The van der Waals surface area contributed by atoms with Gasteiger partial charge in [0.25, 0.3) is 0 Å². The first-order valence-corrected chi connectivity index (χ1v) is 6.82. The average Bonchev–Trinajstić information content (AvgIpc) is 2.41. The summed E-state index contributed by atoms with van der Waals surface area (Å²) in [5, 5.41) is 10.8. The SMILES string of the molecule is CC1(C)CCCC(O)(C2CCCOC2)CC1. The lowest BCUT2D eigenvalue weighted by Gasteiger charge is -2.38. The highest BCUT2D eigenvalue weighted by atomic mass is 16.5. The molecule has 1 saturated heterocycles. The maximum Gasteiger partial charge on any atom is 0.0698 e. The maximum atomic E-state index is 10.8. The van der Waals surface area contributed by atoms with E-state index in [0.717, 1.165) is 45.3 Å². The summed E-state index contributed by atoms with van der Waals surface area (Å²) in [5.41, 5.74) is -0.0196. The van der Waals surface area contributed by atoms with Gasteiger partial charge in [-0.05, 0) is 43.9 Å². The molecule has 1 N–H and O–H groups in total. The first-order valence-electron chi connectivity index (χ1n) is 6.82. The average molecular weight is 226 g/mol. The van der Waals surface area contributed by atoms with Crippen molar-refractivity contribution < 1.29 is 9.84 Å². The Kier molecular flexibility index (Phi) is 3.60. The van der Waals surface area contributed by atoms with E-state index in [9.17, 15) is 5.11 Å². The highest BCUT2D eigenvalue weighted by Crippen LogP contribution is 2.42. The van der Waals surface area contributed by atoms with E-state index < -0.39 is 5.60 Å². The van der Waals surface area contributed by atoms with Crippen LogP contribution in [0.3, 0.4) is 0 Å². The summed E-state index contributed by atoms with van der Waals surface area (Å²) in [6.07, 6.45) is 7.79. The third-order valence-corrected chi connectivity index (χ3v) is 4.62. The molecule has 0 bridgehead atoms. The largest absolute Gasteiger partial charge is 0.390 e. The molecule has 0 aromatic rings. The van der Waals surface area contributed by atoms with Gasteiger partial charge in [-0.15, -0.1) is 0 Å². The van der Waals surface area contributed by atoms with Crippen LogP contribution in [0.15, 0.2) is 0 Å². The Morgan fingerprint density at radius 2 is 1.88 bits per heavy atom. The minimum atomic E-state index is -0.436. The Labute approximate surface area is 99.4 Å². The van der Waals surface area contributed by atoms with Gasteiger partial charge in [0.1, 0.15) is 0 Å². The van der Waals surface area contributed by atoms with Crippen molar-refractivity contribution in [1.82, 2.24) is 0 Å². The molecule has 1 aliphatic heterocycles. The molecular weight excluding hydrogens is 200 g/mol. The van der Waals surface area contributed by atoms with Crippen molar-refractivity contribution in [2.75, 3.05) is 13.2 Å². The molecule has 16 heavy (non-hydrogen) atoms. The Hall–Kier alpha value is -0.0800. The molecule has 0 amide bonds. The molecule has 1 heterocycles. The van der Waals surface area contributed by atoms with Gasteiger partial charge in [-0.25, -0.2) is 0 Å². The van der Waals surface area contributed by atoms with Crippen LogP contribution < -0.4 is 0 Å². The highest BCUT2D eigenvalue weighted by Gasteiger charge is 2.40. The van der Waals surface area contributed by atoms with Crippen molar-refractivity contribution in [3.63, 3.8) is 0 Å². The van der Waals surface area contributed by atoms with Crippen LogP contribution in [-0.2, 0) is 4.74 Å². The molecule has 94 valence electrons. The topological polar surface area (TPSA) is 29.5 Å². The van der Waals surface area contributed by atoms with Gasteiger partial charge in [0.05, 0.1) is 12.2 Å². The van der Waals surface area contributed by atoms with Gasteiger partial charge < -0.3 is 9.84 Å². The standard InChI is InChI=1S/C14H26O2/c1-13(2)6-4-7-14(15,9-8-13)12-5-3-10-16-11-12/h12,15H,3-11H2,1-2H3. The van der Waals surface area contributed by atoms with Crippen molar-refractivity contribution in [3.8, 4) is 0 Å².